The maximum atomic E-state index is 6.20. The number of ether oxygens (including phenoxy) is 1. The highest BCUT2D eigenvalue weighted by molar-refractivity contribution is 6.54. The summed E-state index contributed by atoms with van der Waals surface area (Å²) in [7, 11) is -0.167. The summed E-state index contributed by atoms with van der Waals surface area (Å²) >= 11 is 0. The SMILES string of the molecule is CC1(C)COCC2(CC=C(B3OC(C)(C)C(C)(C)O3)CC2)C1. The number of rotatable bonds is 1. The molecule has 22 heavy (non-hydrogen) atoms. The van der Waals surface area contributed by atoms with E-state index in [1.54, 1.807) is 0 Å². The molecular weight excluding hydrogens is 275 g/mol. The predicted octanol–water partition coefficient (Wildman–Crippen LogP) is 4.16. The molecule has 2 fully saturated rings. The largest absolute Gasteiger partial charge is 0.490 e. The topological polar surface area (TPSA) is 27.7 Å². The fourth-order valence-electron chi connectivity index (χ4n) is 4.12. The molecule has 124 valence electrons. The molecule has 2 heterocycles. The fourth-order valence-corrected chi connectivity index (χ4v) is 4.12. The number of allylic oxidation sites excluding steroid dienone is 2. The Kier molecular flexibility index (Phi) is 3.83. The Morgan fingerprint density at radius 2 is 1.59 bits per heavy atom. The highest BCUT2D eigenvalue weighted by atomic mass is 16.7. The Balaban J connectivity index is 1.70. The Labute approximate surface area is 135 Å². The van der Waals surface area contributed by atoms with Gasteiger partial charge in [0.1, 0.15) is 0 Å². The monoisotopic (exact) mass is 306 g/mol. The zero-order valence-electron chi connectivity index (χ0n) is 15.1. The van der Waals surface area contributed by atoms with Crippen molar-refractivity contribution in [3.63, 3.8) is 0 Å². The third-order valence-electron chi connectivity index (χ3n) is 6.05. The second-order valence-corrected chi connectivity index (χ2v) is 9.41. The summed E-state index contributed by atoms with van der Waals surface area (Å²) < 4.78 is 18.3. The van der Waals surface area contributed by atoms with Crippen molar-refractivity contribution >= 4 is 7.12 Å². The molecule has 3 aliphatic rings. The van der Waals surface area contributed by atoms with Crippen LogP contribution < -0.4 is 0 Å². The summed E-state index contributed by atoms with van der Waals surface area (Å²) in [6.45, 7) is 14.9. The van der Waals surface area contributed by atoms with Crippen molar-refractivity contribution in [2.75, 3.05) is 13.2 Å². The van der Waals surface area contributed by atoms with Gasteiger partial charge in [0.2, 0.25) is 0 Å². The van der Waals surface area contributed by atoms with E-state index in [0.29, 0.717) is 10.8 Å². The lowest BCUT2D eigenvalue weighted by molar-refractivity contribution is -0.0803. The first-order valence-electron chi connectivity index (χ1n) is 8.67. The zero-order valence-corrected chi connectivity index (χ0v) is 15.1. The quantitative estimate of drug-likeness (QED) is 0.681. The standard InChI is InChI=1S/C18H31BO3/c1-15(2)11-18(13-20-12-15)9-7-14(8-10-18)19-21-16(3,4)17(5,6)22-19/h7H,8-13H2,1-6H3. The first-order chi connectivity index (χ1) is 10.0. The lowest BCUT2D eigenvalue weighted by Crippen LogP contribution is -2.42. The fraction of sp³-hybridized carbons (Fsp3) is 0.889. The van der Waals surface area contributed by atoms with Gasteiger partial charge in [-0.1, -0.05) is 19.9 Å². The van der Waals surface area contributed by atoms with Crippen LogP contribution in [0.5, 0.6) is 0 Å². The van der Waals surface area contributed by atoms with Crippen molar-refractivity contribution in [3.8, 4) is 0 Å². The van der Waals surface area contributed by atoms with Gasteiger partial charge in [0, 0.05) is 0 Å². The normalized spacial score (nSPS) is 36.5. The van der Waals surface area contributed by atoms with Gasteiger partial charge in [-0.2, -0.15) is 0 Å². The van der Waals surface area contributed by atoms with Crippen molar-refractivity contribution in [2.24, 2.45) is 10.8 Å². The predicted molar refractivity (Wildman–Crippen MR) is 89.7 cm³/mol. The molecule has 0 aromatic carbocycles. The second kappa shape index (κ2) is 5.09. The van der Waals surface area contributed by atoms with Crippen molar-refractivity contribution in [1.82, 2.24) is 0 Å². The van der Waals surface area contributed by atoms with Gasteiger partial charge in [0.05, 0.1) is 24.4 Å². The summed E-state index contributed by atoms with van der Waals surface area (Å²) in [5.41, 5.74) is 1.46. The third-order valence-corrected chi connectivity index (χ3v) is 6.05. The molecule has 1 aliphatic carbocycles. The van der Waals surface area contributed by atoms with Crippen molar-refractivity contribution in [3.05, 3.63) is 11.5 Å². The van der Waals surface area contributed by atoms with E-state index < -0.39 is 0 Å². The van der Waals surface area contributed by atoms with Gasteiger partial charge in [-0.25, -0.2) is 0 Å². The zero-order chi connectivity index (χ0) is 16.2. The van der Waals surface area contributed by atoms with Crippen LogP contribution in [-0.4, -0.2) is 31.5 Å². The summed E-state index contributed by atoms with van der Waals surface area (Å²) in [5, 5.41) is 0. The maximum absolute atomic E-state index is 6.20. The minimum absolute atomic E-state index is 0.167. The van der Waals surface area contributed by atoms with Crippen LogP contribution in [0.2, 0.25) is 0 Å². The van der Waals surface area contributed by atoms with Crippen LogP contribution in [0, 0.1) is 10.8 Å². The minimum atomic E-state index is -0.246. The Hall–Kier alpha value is -0.315. The van der Waals surface area contributed by atoms with Crippen LogP contribution in [0.1, 0.15) is 67.2 Å². The van der Waals surface area contributed by atoms with E-state index in [2.05, 4.69) is 47.6 Å². The van der Waals surface area contributed by atoms with Gasteiger partial charge >= 0.3 is 7.12 Å². The van der Waals surface area contributed by atoms with Gasteiger partial charge < -0.3 is 14.0 Å². The molecule has 1 unspecified atom stereocenters. The van der Waals surface area contributed by atoms with Crippen molar-refractivity contribution in [2.45, 2.75) is 78.4 Å². The highest BCUT2D eigenvalue weighted by Gasteiger charge is 2.53. The average molecular weight is 306 g/mol. The Morgan fingerprint density at radius 3 is 2.09 bits per heavy atom. The van der Waals surface area contributed by atoms with E-state index in [0.717, 1.165) is 26.1 Å². The maximum Gasteiger partial charge on any atom is 0.490 e. The molecule has 0 amide bonds. The highest BCUT2D eigenvalue weighted by Crippen LogP contribution is 2.49. The third kappa shape index (κ3) is 2.90. The molecule has 0 aromatic rings. The summed E-state index contributed by atoms with van der Waals surface area (Å²) in [6.07, 6.45) is 6.97. The molecule has 4 heteroatoms. The first kappa shape index (κ1) is 16.5. The molecule has 0 bridgehead atoms. The van der Waals surface area contributed by atoms with E-state index in [9.17, 15) is 0 Å². The van der Waals surface area contributed by atoms with E-state index in [4.69, 9.17) is 14.0 Å². The molecule has 2 saturated heterocycles. The van der Waals surface area contributed by atoms with Crippen LogP contribution in [0.4, 0.5) is 0 Å². The van der Waals surface area contributed by atoms with Gasteiger partial charge in [0.15, 0.2) is 0 Å². The first-order valence-corrected chi connectivity index (χ1v) is 8.67. The molecule has 1 atom stereocenters. The van der Waals surface area contributed by atoms with E-state index in [1.807, 2.05) is 0 Å². The van der Waals surface area contributed by atoms with Crippen LogP contribution in [0.15, 0.2) is 11.5 Å². The van der Waals surface area contributed by atoms with Crippen molar-refractivity contribution < 1.29 is 14.0 Å². The van der Waals surface area contributed by atoms with Gasteiger partial charge in [0.25, 0.3) is 0 Å². The van der Waals surface area contributed by atoms with Crippen molar-refractivity contribution in [1.29, 1.82) is 0 Å². The molecular formula is C18H31BO3. The molecule has 3 rings (SSSR count). The molecule has 0 N–H and O–H groups in total. The summed E-state index contributed by atoms with van der Waals surface area (Å²) in [6, 6.07) is 0. The van der Waals surface area contributed by atoms with Crippen LogP contribution in [0.25, 0.3) is 0 Å². The van der Waals surface area contributed by atoms with Gasteiger partial charge in [-0.15, -0.1) is 0 Å². The molecule has 1 spiro atoms. The molecule has 0 radical (unpaired) electrons. The number of hydrogen-bond donors (Lipinski definition) is 0. The minimum Gasteiger partial charge on any atom is -0.400 e. The molecule has 0 aromatic heterocycles. The second-order valence-electron chi connectivity index (χ2n) is 9.41. The smallest absolute Gasteiger partial charge is 0.400 e. The number of hydrogen-bond acceptors (Lipinski definition) is 3. The molecule has 0 saturated carbocycles. The molecule has 2 aliphatic heterocycles. The summed E-state index contributed by atoms with van der Waals surface area (Å²) in [5.74, 6) is 0. The van der Waals surface area contributed by atoms with E-state index in [1.165, 1.54) is 18.3 Å². The van der Waals surface area contributed by atoms with Crippen LogP contribution >= 0.6 is 0 Å². The lowest BCUT2D eigenvalue weighted by atomic mass is 9.61. The van der Waals surface area contributed by atoms with E-state index in [-0.39, 0.29) is 18.3 Å². The average Bonchev–Trinajstić information content (AvgIpc) is 2.57. The van der Waals surface area contributed by atoms with Gasteiger partial charge in [-0.05, 0) is 69.7 Å². The van der Waals surface area contributed by atoms with Crippen LogP contribution in [0.3, 0.4) is 0 Å². The van der Waals surface area contributed by atoms with Gasteiger partial charge in [-0.3, -0.25) is 0 Å². The molecule has 3 nitrogen and oxygen atoms in total. The Morgan fingerprint density at radius 1 is 0.955 bits per heavy atom. The lowest BCUT2D eigenvalue weighted by Gasteiger charge is -2.46. The van der Waals surface area contributed by atoms with E-state index >= 15 is 0 Å². The summed E-state index contributed by atoms with van der Waals surface area (Å²) in [4.78, 5) is 0. The Bertz CT molecular complexity index is 465. The van der Waals surface area contributed by atoms with Crippen LogP contribution in [-0.2, 0) is 14.0 Å².